The Hall–Kier alpha value is -1.30. The normalized spacial score (nSPS) is 12.0. The zero-order chi connectivity index (χ0) is 16.4. The fourth-order valence-electron chi connectivity index (χ4n) is 1.90. The quantitative estimate of drug-likeness (QED) is 0.636. The van der Waals surface area contributed by atoms with Crippen LogP contribution < -0.4 is 10.1 Å². The van der Waals surface area contributed by atoms with E-state index < -0.39 is 18.6 Å². The van der Waals surface area contributed by atoms with Gasteiger partial charge in [-0.05, 0) is 30.7 Å². The van der Waals surface area contributed by atoms with Crippen molar-refractivity contribution in [3.05, 3.63) is 29.0 Å². The summed E-state index contributed by atoms with van der Waals surface area (Å²) in [5, 5.41) is 11.7. The molecule has 5 nitrogen and oxygen atoms in total. The molecular formula is C16H24ClN2O3-. The molecule has 1 amide bonds. The lowest BCUT2D eigenvalue weighted by molar-refractivity contribution is -0.117. The van der Waals surface area contributed by atoms with Crippen LogP contribution in [0.4, 0.5) is 5.69 Å². The Morgan fingerprint density at radius 2 is 2.09 bits per heavy atom. The van der Waals surface area contributed by atoms with Crippen LogP contribution in [0.2, 0.25) is 5.02 Å². The Morgan fingerprint density at radius 3 is 2.73 bits per heavy atom. The molecule has 0 heterocycles. The van der Waals surface area contributed by atoms with Crippen LogP contribution in [0.15, 0.2) is 18.2 Å². The molecule has 22 heavy (non-hydrogen) atoms. The molecule has 0 aromatic heterocycles. The summed E-state index contributed by atoms with van der Waals surface area (Å²) in [5.74, 6) is 0.0166. The van der Waals surface area contributed by atoms with E-state index >= 15 is 0 Å². The maximum absolute atomic E-state index is 11.5. The van der Waals surface area contributed by atoms with Crippen LogP contribution in [-0.2, 0) is 4.79 Å². The van der Waals surface area contributed by atoms with Crippen LogP contribution in [0.5, 0.6) is 5.75 Å². The molecule has 0 saturated heterocycles. The largest absolute Gasteiger partial charge is 0.665 e. The first-order chi connectivity index (χ1) is 10.6. The molecule has 1 aromatic carbocycles. The highest BCUT2D eigenvalue weighted by molar-refractivity contribution is 6.32. The van der Waals surface area contributed by atoms with Crippen LogP contribution >= 0.6 is 11.6 Å². The molecule has 6 heteroatoms. The van der Waals surface area contributed by atoms with E-state index in [4.69, 9.17) is 27.2 Å². The molecule has 0 saturated carbocycles. The van der Waals surface area contributed by atoms with Gasteiger partial charge in [0.05, 0.1) is 11.6 Å². The van der Waals surface area contributed by atoms with Gasteiger partial charge in [0.2, 0.25) is 5.91 Å². The van der Waals surface area contributed by atoms with Crippen molar-refractivity contribution >= 4 is 23.2 Å². The number of aliphatic hydroxyl groups is 1. The van der Waals surface area contributed by atoms with Gasteiger partial charge in [-0.2, -0.15) is 0 Å². The highest BCUT2D eigenvalue weighted by Gasteiger charge is 2.08. The lowest BCUT2D eigenvalue weighted by atomic mass is 10.2. The fourth-order valence-corrected chi connectivity index (χ4v) is 2.13. The van der Waals surface area contributed by atoms with Gasteiger partial charge in [-0.3, -0.25) is 4.79 Å². The third kappa shape index (κ3) is 6.64. The molecule has 0 fully saturated rings. The second-order valence-electron chi connectivity index (χ2n) is 5.13. The zero-order valence-corrected chi connectivity index (χ0v) is 13.7. The first-order valence-electron chi connectivity index (χ1n) is 7.63. The minimum atomic E-state index is -1.20. The number of hydrogen-bond acceptors (Lipinski definition) is 3. The third-order valence-corrected chi connectivity index (χ3v) is 3.50. The molecular weight excluding hydrogens is 304 g/mol. The number of hydrogen-bond donors (Lipinski definition) is 2. The molecule has 3 N–H and O–H groups in total. The van der Waals surface area contributed by atoms with Crippen LogP contribution in [0.1, 0.15) is 39.0 Å². The Morgan fingerprint density at radius 1 is 1.36 bits per heavy atom. The number of benzene rings is 1. The van der Waals surface area contributed by atoms with Crippen LogP contribution in [0.25, 0.3) is 5.73 Å². The van der Waals surface area contributed by atoms with Crippen molar-refractivity contribution in [3.8, 4) is 5.75 Å². The fraction of sp³-hybridized carbons (Fsp3) is 0.562. The van der Waals surface area contributed by atoms with Crippen LogP contribution in [-0.4, -0.2) is 30.3 Å². The van der Waals surface area contributed by atoms with Gasteiger partial charge in [-0.15, -0.1) is 0 Å². The average molecular weight is 328 g/mol. The van der Waals surface area contributed by atoms with Gasteiger partial charge in [-0.25, -0.2) is 0 Å². The number of rotatable bonds is 10. The maximum Gasteiger partial charge on any atom is 0.208 e. The van der Waals surface area contributed by atoms with Gasteiger partial charge in [0.25, 0.3) is 0 Å². The van der Waals surface area contributed by atoms with Gasteiger partial charge < -0.3 is 20.9 Å². The number of aliphatic hydroxyl groups excluding tert-OH is 1. The third-order valence-electron chi connectivity index (χ3n) is 3.20. The first kappa shape index (κ1) is 18.7. The van der Waals surface area contributed by atoms with E-state index in [9.17, 15) is 4.79 Å². The van der Waals surface area contributed by atoms with E-state index in [1.54, 1.807) is 18.2 Å². The highest BCUT2D eigenvalue weighted by Crippen LogP contribution is 2.28. The van der Waals surface area contributed by atoms with E-state index in [1.165, 1.54) is 19.3 Å². The number of amides is 1. The molecule has 0 bridgehead atoms. The van der Waals surface area contributed by atoms with Gasteiger partial charge in [0.15, 0.2) is 0 Å². The SMILES string of the molecule is CCCCCCCOc1ccc(NC(=O)[C@@H]([NH-])CO)cc1Cl. The number of ether oxygens (including phenoxy) is 1. The lowest BCUT2D eigenvalue weighted by Gasteiger charge is -2.17. The predicted molar refractivity (Wildman–Crippen MR) is 89.5 cm³/mol. The van der Waals surface area contributed by atoms with Crippen molar-refractivity contribution in [1.82, 2.24) is 0 Å². The summed E-state index contributed by atoms with van der Waals surface area (Å²) in [5.41, 5.74) is 7.79. The minimum absolute atomic E-state index is 0.414. The van der Waals surface area contributed by atoms with Gasteiger partial charge in [0.1, 0.15) is 5.75 Å². The van der Waals surface area contributed by atoms with E-state index in [1.807, 2.05) is 0 Å². The average Bonchev–Trinajstić information content (AvgIpc) is 2.51. The van der Waals surface area contributed by atoms with Crippen LogP contribution in [0.3, 0.4) is 0 Å². The summed E-state index contributed by atoms with van der Waals surface area (Å²) in [4.78, 5) is 11.5. The van der Waals surface area contributed by atoms with E-state index in [-0.39, 0.29) is 0 Å². The van der Waals surface area contributed by atoms with Crippen molar-refractivity contribution < 1.29 is 14.6 Å². The van der Waals surface area contributed by atoms with E-state index in [2.05, 4.69) is 12.2 Å². The summed E-state index contributed by atoms with van der Waals surface area (Å²) in [6.45, 7) is 2.29. The van der Waals surface area contributed by atoms with Gasteiger partial charge in [-0.1, -0.05) is 44.2 Å². The van der Waals surface area contributed by atoms with Crippen LogP contribution in [0, 0.1) is 0 Å². The number of unbranched alkanes of at least 4 members (excludes halogenated alkanes) is 4. The Labute approximate surface area is 136 Å². The van der Waals surface area contributed by atoms with Gasteiger partial charge >= 0.3 is 0 Å². The number of anilines is 1. The topological polar surface area (TPSA) is 82.4 Å². The van der Waals surface area contributed by atoms with Gasteiger partial charge in [0, 0.05) is 12.3 Å². The highest BCUT2D eigenvalue weighted by atomic mass is 35.5. The Bertz CT molecular complexity index is 469. The summed E-state index contributed by atoms with van der Waals surface area (Å²) in [6, 6.07) is 3.75. The number of carbonyl (C=O) groups excluding carboxylic acids is 1. The molecule has 0 aliphatic rings. The lowest BCUT2D eigenvalue weighted by Crippen LogP contribution is -2.27. The molecule has 124 valence electrons. The standard InChI is InChI=1S/C16H24ClN2O3/c1-2-3-4-5-6-9-22-15-8-7-12(10-13(15)17)19-16(21)14(18)11-20/h7-8,10,14,18,20H,2-6,9,11H2,1H3,(H,19,21)/q-1/t14-/m0/s1. The summed E-state index contributed by atoms with van der Waals surface area (Å²) >= 11 is 6.12. The number of carbonyl (C=O) groups is 1. The molecule has 1 atom stereocenters. The smallest absolute Gasteiger partial charge is 0.208 e. The number of nitrogens with one attached hydrogen (secondary N) is 2. The predicted octanol–water partition coefficient (Wildman–Crippen LogP) is 4.04. The molecule has 0 spiro atoms. The molecule has 0 unspecified atom stereocenters. The second kappa shape index (κ2) is 10.4. The van der Waals surface area contributed by atoms with Crippen molar-refractivity contribution in [2.45, 2.75) is 45.1 Å². The minimum Gasteiger partial charge on any atom is -0.665 e. The Balaban J connectivity index is 2.43. The molecule has 0 aliphatic carbocycles. The molecule has 0 aliphatic heterocycles. The van der Waals surface area contributed by atoms with Crippen molar-refractivity contribution in [1.29, 1.82) is 0 Å². The zero-order valence-electron chi connectivity index (χ0n) is 12.9. The summed E-state index contributed by atoms with van der Waals surface area (Å²) < 4.78 is 5.62. The first-order valence-corrected chi connectivity index (χ1v) is 8.01. The Kier molecular flexibility index (Phi) is 8.89. The van der Waals surface area contributed by atoms with Crippen molar-refractivity contribution in [2.24, 2.45) is 0 Å². The van der Waals surface area contributed by atoms with Crippen molar-refractivity contribution in [3.63, 3.8) is 0 Å². The van der Waals surface area contributed by atoms with E-state index in [0.717, 1.165) is 12.8 Å². The monoisotopic (exact) mass is 327 g/mol. The number of halogens is 1. The summed E-state index contributed by atoms with van der Waals surface area (Å²) in [7, 11) is 0. The molecule has 1 aromatic rings. The molecule has 1 rings (SSSR count). The second-order valence-corrected chi connectivity index (χ2v) is 5.54. The maximum atomic E-state index is 11.5. The van der Waals surface area contributed by atoms with E-state index in [0.29, 0.717) is 23.1 Å². The molecule has 0 radical (unpaired) electrons. The summed E-state index contributed by atoms with van der Waals surface area (Å²) in [6.07, 6.45) is 5.82. The van der Waals surface area contributed by atoms with Crippen molar-refractivity contribution in [2.75, 3.05) is 18.5 Å².